The first-order chi connectivity index (χ1) is 17.4. The third-order valence-electron chi connectivity index (χ3n) is 7.21. The molecule has 2 aliphatic rings. The Morgan fingerprint density at radius 3 is 2.65 bits per heavy atom. The van der Waals surface area contributed by atoms with Gasteiger partial charge in [0.2, 0.25) is 11.8 Å². The Kier molecular flexibility index (Phi) is 7.89. The monoisotopic (exact) mass is 551 g/mol. The van der Waals surface area contributed by atoms with E-state index < -0.39 is 47.9 Å². The van der Waals surface area contributed by atoms with E-state index in [-0.39, 0.29) is 34.9 Å². The van der Waals surface area contributed by atoms with Crippen LogP contribution in [0.1, 0.15) is 50.7 Å². The number of hydrogen-bond acceptors (Lipinski definition) is 5. The molecule has 7 nitrogen and oxygen atoms in total. The average molecular weight is 552 g/mol. The lowest BCUT2D eigenvalue weighted by Crippen LogP contribution is -2.49. The van der Waals surface area contributed by atoms with Crippen molar-refractivity contribution < 1.29 is 24.2 Å². The van der Waals surface area contributed by atoms with E-state index in [0.29, 0.717) is 22.7 Å². The molecule has 4 unspecified atom stereocenters. The first kappa shape index (κ1) is 27.8. The third kappa shape index (κ3) is 5.10. The number of benzene rings is 2. The van der Waals surface area contributed by atoms with Gasteiger partial charge in [-0.05, 0) is 47.6 Å². The molecule has 5 atom stereocenters. The van der Waals surface area contributed by atoms with Crippen molar-refractivity contribution in [3.05, 3.63) is 63.4 Å². The van der Waals surface area contributed by atoms with E-state index in [1.807, 2.05) is 20.8 Å². The molecule has 0 radical (unpaired) electrons. The molecule has 2 aromatic rings. The van der Waals surface area contributed by atoms with E-state index >= 15 is 4.39 Å². The number of carbonyl (C=O) groups is 2. The van der Waals surface area contributed by atoms with Gasteiger partial charge >= 0.3 is 0 Å². The summed E-state index contributed by atoms with van der Waals surface area (Å²) >= 11 is 12.4. The molecule has 2 heterocycles. The van der Waals surface area contributed by atoms with Crippen LogP contribution in [0, 0.1) is 11.2 Å². The van der Waals surface area contributed by atoms with Crippen LogP contribution in [0.25, 0.3) is 0 Å². The molecule has 4 rings (SSSR count). The van der Waals surface area contributed by atoms with Crippen molar-refractivity contribution in [1.29, 1.82) is 0 Å². The predicted molar refractivity (Wildman–Crippen MR) is 141 cm³/mol. The molecule has 0 bridgehead atoms. The topological polar surface area (TPSA) is 111 Å². The number of amides is 2. The minimum absolute atomic E-state index is 0.0960. The van der Waals surface area contributed by atoms with Gasteiger partial charge in [-0.3, -0.25) is 9.59 Å². The highest BCUT2D eigenvalue weighted by Gasteiger charge is 2.66. The molecule has 2 aliphatic heterocycles. The summed E-state index contributed by atoms with van der Waals surface area (Å²) in [6.45, 7) is 5.78. The van der Waals surface area contributed by atoms with Gasteiger partial charge in [0, 0.05) is 29.2 Å². The molecular formula is C27H32Cl2FN3O4. The number of halogens is 3. The first-order valence-corrected chi connectivity index (χ1v) is 13.0. The number of hydrogen-bond donors (Lipinski definition) is 5. The zero-order valence-corrected chi connectivity index (χ0v) is 22.5. The average Bonchev–Trinajstić information content (AvgIpc) is 3.29. The van der Waals surface area contributed by atoms with Crippen molar-refractivity contribution >= 4 is 40.7 Å². The van der Waals surface area contributed by atoms with Crippen LogP contribution < -0.4 is 16.0 Å². The van der Waals surface area contributed by atoms with Crippen molar-refractivity contribution in [1.82, 2.24) is 10.6 Å². The SMILES string of the molecule is CC(C)(C)CC1NC(C(=O)NCCC(O)CO)C(c2cccc(Cl)c2F)[C@@]12C(=O)Nc1cc(Cl)ccc12. The second-order valence-corrected chi connectivity index (χ2v) is 11.9. The van der Waals surface area contributed by atoms with E-state index in [1.54, 1.807) is 30.3 Å². The summed E-state index contributed by atoms with van der Waals surface area (Å²) in [5, 5.41) is 28.2. The number of anilines is 1. The van der Waals surface area contributed by atoms with Crippen LogP contribution in [0.4, 0.5) is 10.1 Å². The molecule has 1 fully saturated rings. The fraction of sp³-hybridized carbons (Fsp3) is 0.481. The minimum atomic E-state index is -1.33. The van der Waals surface area contributed by atoms with Gasteiger partial charge in [-0.25, -0.2) is 4.39 Å². The molecule has 10 heteroatoms. The summed E-state index contributed by atoms with van der Waals surface area (Å²) in [5.74, 6) is -2.42. The van der Waals surface area contributed by atoms with E-state index in [4.69, 9.17) is 28.3 Å². The van der Waals surface area contributed by atoms with Crippen molar-refractivity contribution in [2.24, 2.45) is 5.41 Å². The molecule has 1 spiro atoms. The van der Waals surface area contributed by atoms with Crippen LogP contribution in [-0.4, -0.2) is 53.4 Å². The van der Waals surface area contributed by atoms with Crippen LogP contribution >= 0.6 is 23.2 Å². The maximum absolute atomic E-state index is 15.7. The van der Waals surface area contributed by atoms with Crippen molar-refractivity contribution in [3.63, 3.8) is 0 Å². The number of carbonyl (C=O) groups excluding carboxylic acids is 2. The van der Waals surface area contributed by atoms with Gasteiger partial charge in [-0.1, -0.05) is 62.2 Å². The Bertz CT molecular complexity index is 1200. The Labute approximate surface area is 225 Å². The fourth-order valence-electron chi connectivity index (χ4n) is 5.72. The second kappa shape index (κ2) is 10.5. The van der Waals surface area contributed by atoms with Crippen molar-refractivity contribution in [2.45, 2.75) is 63.1 Å². The summed E-state index contributed by atoms with van der Waals surface area (Å²) in [5.41, 5.74) is -0.249. The number of fused-ring (bicyclic) bond motifs is 2. The normalized spacial score (nSPS) is 25.7. The Hall–Kier alpha value is -2.23. The molecule has 2 amide bonds. The molecule has 200 valence electrons. The third-order valence-corrected chi connectivity index (χ3v) is 7.74. The zero-order chi connectivity index (χ0) is 27.1. The van der Waals surface area contributed by atoms with Gasteiger partial charge in [0.1, 0.15) is 11.2 Å². The molecule has 1 saturated heterocycles. The highest BCUT2D eigenvalue weighted by atomic mass is 35.5. The molecular weight excluding hydrogens is 520 g/mol. The van der Waals surface area contributed by atoms with Crippen molar-refractivity contribution in [2.75, 3.05) is 18.5 Å². The Morgan fingerprint density at radius 2 is 1.97 bits per heavy atom. The standard InChI is InChI=1S/C27H32Cl2FN3O4/c1-26(2,3)12-20-27(17-8-7-14(28)11-19(17)32-25(27)37)21(16-5-4-6-18(29)22(16)30)23(33-20)24(36)31-10-9-15(35)13-34/h4-8,11,15,20-21,23,33-35H,9-10,12-13H2,1-3H3,(H,31,36)(H,32,37)/t15?,20?,21?,23?,27-/m0/s1. The quantitative estimate of drug-likeness (QED) is 0.360. The molecule has 0 aliphatic carbocycles. The lowest BCUT2D eigenvalue weighted by atomic mass is 9.62. The van der Waals surface area contributed by atoms with Crippen LogP contribution in [0.2, 0.25) is 10.0 Å². The second-order valence-electron chi connectivity index (χ2n) is 11.0. The smallest absolute Gasteiger partial charge is 0.237 e. The molecule has 2 aromatic carbocycles. The van der Waals surface area contributed by atoms with Gasteiger partial charge in [0.15, 0.2) is 0 Å². The number of aliphatic hydroxyl groups excluding tert-OH is 2. The van der Waals surface area contributed by atoms with E-state index in [2.05, 4.69) is 16.0 Å². The van der Waals surface area contributed by atoms with Crippen LogP contribution in [0.5, 0.6) is 0 Å². The Balaban J connectivity index is 1.90. The number of aliphatic hydroxyl groups is 2. The van der Waals surface area contributed by atoms with E-state index in [1.165, 1.54) is 6.07 Å². The number of rotatable bonds is 7. The summed E-state index contributed by atoms with van der Waals surface area (Å²) < 4.78 is 15.7. The predicted octanol–water partition coefficient (Wildman–Crippen LogP) is 3.74. The highest BCUT2D eigenvalue weighted by Crippen LogP contribution is 2.57. The summed E-state index contributed by atoms with van der Waals surface area (Å²) in [6.07, 6.45) is -0.326. The zero-order valence-electron chi connectivity index (χ0n) is 20.9. The van der Waals surface area contributed by atoms with E-state index in [0.717, 1.165) is 0 Å². The van der Waals surface area contributed by atoms with Crippen molar-refractivity contribution in [3.8, 4) is 0 Å². The summed E-state index contributed by atoms with van der Waals surface area (Å²) in [4.78, 5) is 27.6. The minimum Gasteiger partial charge on any atom is -0.394 e. The maximum Gasteiger partial charge on any atom is 0.237 e. The van der Waals surface area contributed by atoms with Crippen LogP contribution in [-0.2, 0) is 15.0 Å². The molecule has 37 heavy (non-hydrogen) atoms. The number of nitrogens with one attached hydrogen (secondary N) is 3. The molecule has 0 aromatic heterocycles. The van der Waals surface area contributed by atoms with Gasteiger partial charge in [-0.2, -0.15) is 0 Å². The lowest BCUT2D eigenvalue weighted by Gasteiger charge is -2.37. The van der Waals surface area contributed by atoms with Gasteiger partial charge in [-0.15, -0.1) is 0 Å². The van der Waals surface area contributed by atoms with Crippen LogP contribution in [0.3, 0.4) is 0 Å². The largest absolute Gasteiger partial charge is 0.394 e. The summed E-state index contributed by atoms with van der Waals surface area (Å²) in [6, 6.07) is 8.18. The van der Waals surface area contributed by atoms with E-state index in [9.17, 15) is 14.7 Å². The molecule has 5 N–H and O–H groups in total. The lowest BCUT2D eigenvalue weighted by molar-refractivity contribution is -0.124. The first-order valence-electron chi connectivity index (χ1n) is 12.3. The van der Waals surface area contributed by atoms with Gasteiger partial charge < -0.3 is 26.2 Å². The Morgan fingerprint density at radius 1 is 1.24 bits per heavy atom. The highest BCUT2D eigenvalue weighted by molar-refractivity contribution is 6.31. The summed E-state index contributed by atoms with van der Waals surface area (Å²) in [7, 11) is 0. The maximum atomic E-state index is 15.7. The molecule has 0 saturated carbocycles. The van der Waals surface area contributed by atoms with Gasteiger partial charge in [0.25, 0.3) is 0 Å². The van der Waals surface area contributed by atoms with Gasteiger partial charge in [0.05, 0.1) is 23.8 Å². The fourth-order valence-corrected chi connectivity index (χ4v) is 6.07. The van der Waals surface area contributed by atoms with Crippen LogP contribution in [0.15, 0.2) is 36.4 Å².